The van der Waals surface area contributed by atoms with Gasteiger partial charge in [-0.25, -0.2) is 0 Å². The highest BCUT2D eigenvalue weighted by molar-refractivity contribution is 5.57. The van der Waals surface area contributed by atoms with Gasteiger partial charge in [-0.2, -0.15) is 9.97 Å². The number of pyridine rings is 1. The number of hydrogen-bond donors (Lipinski definition) is 1. The molecule has 0 atom stereocenters. The van der Waals surface area contributed by atoms with E-state index < -0.39 is 0 Å². The summed E-state index contributed by atoms with van der Waals surface area (Å²) in [7, 11) is 0. The van der Waals surface area contributed by atoms with Gasteiger partial charge >= 0.3 is 0 Å². The largest absolute Gasteiger partial charge is 0.437 e. The molecule has 3 rings (SSSR count). The maximum atomic E-state index is 6.04. The molecule has 2 N–H and O–H groups in total. The van der Waals surface area contributed by atoms with Crippen LogP contribution in [0, 0.1) is 0 Å². The van der Waals surface area contributed by atoms with Crippen LogP contribution >= 0.6 is 0 Å². The van der Waals surface area contributed by atoms with Gasteiger partial charge in [0.05, 0.1) is 6.20 Å². The lowest BCUT2D eigenvalue weighted by Crippen LogP contribution is -2.00. The molecule has 0 radical (unpaired) electrons. The molecule has 3 aromatic rings. The highest BCUT2D eigenvalue weighted by atomic mass is 16.5. The summed E-state index contributed by atoms with van der Waals surface area (Å²) in [6.07, 6.45) is 5.55. The van der Waals surface area contributed by atoms with Crippen molar-refractivity contribution in [1.29, 1.82) is 0 Å². The number of nitrogens with zero attached hydrogens (tertiary/aromatic N) is 3. The van der Waals surface area contributed by atoms with E-state index in [-0.39, 0.29) is 17.4 Å². The zero-order valence-electron chi connectivity index (χ0n) is 12.6. The molecule has 0 amide bonds. The van der Waals surface area contributed by atoms with E-state index in [0.717, 1.165) is 6.42 Å². The second kappa shape index (κ2) is 6.74. The molecule has 0 aliphatic rings. The molecular weight excluding hydrogens is 292 g/mol. The summed E-state index contributed by atoms with van der Waals surface area (Å²) in [6, 6.07) is 11.3. The third-order valence-corrected chi connectivity index (χ3v) is 3.21. The van der Waals surface area contributed by atoms with Gasteiger partial charge in [0.25, 0.3) is 0 Å². The zero-order valence-corrected chi connectivity index (χ0v) is 12.6. The second-order valence-corrected chi connectivity index (χ2v) is 4.79. The van der Waals surface area contributed by atoms with E-state index in [1.165, 1.54) is 11.9 Å². The fourth-order valence-electron chi connectivity index (χ4n) is 1.95. The monoisotopic (exact) mass is 308 g/mol. The van der Waals surface area contributed by atoms with Crippen LogP contribution in [0.5, 0.6) is 23.3 Å². The Balaban J connectivity index is 1.81. The Labute approximate surface area is 134 Å². The Hall–Kier alpha value is -3.15. The fraction of sp³-hybridized carbons (Fsp3) is 0.118. The number of anilines is 1. The van der Waals surface area contributed by atoms with Crippen molar-refractivity contribution in [2.24, 2.45) is 0 Å². The van der Waals surface area contributed by atoms with Crippen molar-refractivity contribution in [2.75, 3.05) is 5.73 Å². The molecule has 2 aromatic heterocycles. The Morgan fingerprint density at radius 3 is 2.26 bits per heavy atom. The summed E-state index contributed by atoms with van der Waals surface area (Å²) >= 11 is 0. The fourth-order valence-corrected chi connectivity index (χ4v) is 1.95. The Morgan fingerprint density at radius 2 is 1.65 bits per heavy atom. The lowest BCUT2D eigenvalue weighted by molar-refractivity contribution is 0.437. The van der Waals surface area contributed by atoms with Gasteiger partial charge in [0, 0.05) is 6.20 Å². The number of aryl methyl sites for hydroxylation is 1. The predicted octanol–water partition coefficient (Wildman–Crippen LogP) is 3.60. The molecular formula is C17H16N4O2. The summed E-state index contributed by atoms with van der Waals surface area (Å²) in [5, 5.41) is 0. The minimum absolute atomic E-state index is 0.230. The first-order valence-electron chi connectivity index (χ1n) is 7.21. The van der Waals surface area contributed by atoms with Crippen molar-refractivity contribution < 1.29 is 9.47 Å². The quantitative estimate of drug-likeness (QED) is 0.775. The maximum absolute atomic E-state index is 6.04. The first-order chi connectivity index (χ1) is 11.3. The summed E-state index contributed by atoms with van der Waals surface area (Å²) in [5.74, 6) is 1.67. The number of aromatic nitrogens is 3. The van der Waals surface area contributed by atoms with Gasteiger partial charge in [0.15, 0.2) is 5.69 Å². The number of nitrogen functional groups attached to an aromatic ring is 1. The van der Waals surface area contributed by atoms with E-state index in [2.05, 4.69) is 21.9 Å². The number of nitrogens with two attached hydrogens (primary N) is 1. The number of benzene rings is 1. The molecule has 0 saturated carbocycles. The van der Waals surface area contributed by atoms with Crippen LogP contribution in [0.25, 0.3) is 0 Å². The highest BCUT2D eigenvalue weighted by Crippen LogP contribution is 2.32. The van der Waals surface area contributed by atoms with Gasteiger partial charge in [-0.15, -0.1) is 0 Å². The molecule has 0 fully saturated rings. The van der Waals surface area contributed by atoms with E-state index >= 15 is 0 Å². The van der Waals surface area contributed by atoms with Gasteiger partial charge in [-0.05, 0) is 36.2 Å². The van der Waals surface area contributed by atoms with Crippen molar-refractivity contribution in [3.63, 3.8) is 0 Å². The van der Waals surface area contributed by atoms with E-state index in [1.807, 2.05) is 24.3 Å². The minimum atomic E-state index is 0.230. The van der Waals surface area contributed by atoms with Crippen molar-refractivity contribution in [3.8, 4) is 23.3 Å². The summed E-state index contributed by atoms with van der Waals surface area (Å²) < 4.78 is 11.3. The highest BCUT2D eigenvalue weighted by Gasteiger charge is 2.12. The smallest absolute Gasteiger partial charge is 0.249 e. The van der Waals surface area contributed by atoms with Crippen LogP contribution < -0.4 is 15.2 Å². The minimum Gasteiger partial charge on any atom is -0.437 e. The number of rotatable bonds is 5. The molecule has 0 spiro atoms. The summed E-state index contributed by atoms with van der Waals surface area (Å²) in [4.78, 5) is 12.1. The van der Waals surface area contributed by atoms with Gasteiger partial charge in [0.2, 0.25) is 11.8 Å². The molecule has 116 valence electrons. The van der Waals surface area contributed by atoms with E-state index in [1.54, 1.807) is 24.5 Å². The van der Waals surface area contributed by atoms with Crippen molar-refractivity contribution in [2.45, 2.75) is 13.3 Å². The molecule has 2 heterocycles. The van der Waals surface area contributed by atoms with Crippen LogP contribution in [0.1, 0.15) is 12.5 Å². The third-order valence-electron chi connectivity index (χ3n) is 3.21. The summed E-state index contributed by atoms with van der Waals surface area (Å²) in [6.45, 7) is 2.10. The number of hydrogen-bond acceptors (Lipinski definition) is 6. The molecule has 6 nitrogen and oxygen atoms in total. The van der Waals surface area contributed by atoms with Crippen LogP contribution in [0.3, 0.4) is 0 Å². The third kappa shape index (κ3) is 3.55. The van der Waals surface area contributed by atoms with Crippen LogP contribution in [0.15, 0.2) is 55.1 Å². The second-order valence-electron chi connectivity index (χ2n) is 4.79. The average molecular weight is 308 g/mol. The van der Waals surface area contributed by atoms with E-state index in [4.69, 9.17) is 15.2 Å². The molecule has 0 bridgehead atoms. The lowest BCUT2D eigenvalue weighted by atomic mass is 10.2. The summed E-state index contributed by atoms with van der Waals surface area (Å²) in [5.41, 5.74) is 7.50. The standard InChI is InChI=1S/C17H16N4O2/c1-2-12-5-7-13(8-6-12)22-16-15(18)17(21-11-20-16)23-14-4-3-9-19-10-14/h3-11H,2,18H2,1H3. The maximum Gasteiger partial charge on any atom is 0.249 e. The van der Waals surface area contributed by atoms with Gasteiger partial charge < -0.3 is 15.2 Å². The van der Waals surface area contributed by atoms with Crippen LogP contribution in [-0.2, 0) is 6.42 Å². The molecule has 0 aliphatic carbocycles. The van der Waals surface area contributed by atoms with E-state index in [9.17, 15) is 0 Å². The van der Waals surface area contributed by atoms with Gasteiger partial charge in [-0.3, -0.25) is 4.98 Å². The van der Waals surface area contributed by atoms with Gasteiger partial charge in [-0.1, -0.05) is 19.1 Å². The first-order valence-corrected chi connectivity index (χ1v) is 7.21. The molecule has 0 aliphatic heterocycles. The normalized spacial score (nSPS) is 10.3. The molecule has 0 unspecified atom stereocenters. The van der Waals surface area contributed by atoms with Crippen LogP contribution in [-0.4, -0.2) is 15.0 Å². The van der Waals surface area contributed by atoms with Crippen LogP contribution in [0.2, 0.25) is 0 Å². The topological polar surface area (TPSA) is 83.2 Å². The lowest BCUT2D eigenvalue weighted by Gasteiger charge is -2.11. The van der Waals surface area contributed by atoms with Crippen molar-refractivity contribution in [1.82, 2.24) is 15.0 Å². The predicted molar refractivity (Wildman–Crippen MR) is 86.6 cm³/mol. The van der Waals surface area contributed by atoms with Crippen molar-refractivity contribution in [3.05, 3.63) is 60.7 Å². The Kier molecular flexibility index (Phi) is 4.33. The SMILES string of the molecule is CCc1ccc(Oc2ncnc(Oc3cccnc3)c2N)cc1. The molecule has 0 saturated heterocycles. The zero-order chi connectivity index (χ0) is 16.1. The molecule has 1 aromatic carbocycles. The van der Waals surface area contributed by atoms with Crippen LogP contribution in [0.4, 0.5) is 5.69 Å². The molecule has 23 heavy (non-hydrogen) atoms. The Bertz CT molecular complexity index is 776. The average Bonchev–Trinajstić information content (AvgIpc) is 2.60. The first kappa shape index (κ1) is 14.8. The van der Waals surface area contributed by atoms with E-state index in [0.29, 0.717) is 11.5 Å². The number of ether oxygens (including phenoxy) is 2. The van der Waals surface area contributed by atoms with Crippen molar-refractivity contribution >= 4 is 5.69 Å². The van der Waals surface area contributed by atoms with Gasteiger partial charge in [0.1, 0.15) is 17.8 Å². The molecule has 6 heteroatoms. The Morgan fingerprint density at radius 1 is 0.957 bits per heavy atom.